The van der Waals surface area contributed by atoms with Crippen molar-refractivity contribution in [3.63, 3.8) is 0 Å². The van der Waals surface area contributed by atoms with Crippen LogP contribution in [0.25, 0.3) is 0 Å². The number of piperidine rings is 1. The van der Waals surface area contributed by atoms with Gasteiger partial charge in [0.1, 0.15) is 10.8 Å². The minimum absolute atomic E-state index is 0. The van der Waals surface area contributed by atoms with Gasteiger partial charge >= 0.3 is 0 Å². The number of nitrogens with zero attached hydrogens (tertiary/aromatic N) is 1. The van der Waals surface area contributed by atoms with E-state index in [4.69, 9.17) is 33.7 Å². The van der Waals surface area contributed by atoms with Gasteiger partial charge in [-0.3, -0.25) is 4.79 Å². The number of rotatable bonds is 3. The van der Waals surface area contributed by atoms with Crippen LogP contribution in [0.5, 0.6) is 5.75 Å². The van der Waals surface area contributed by atoms with Crippen LogP contribution in [-0.2, 0) is 4.79 Å². The molecular weight excluding hydrogens is 335 g/mol. The number of halogens is 3. The van der Waals surface area contributed by atoms with Gasteiger partial charge in [0.15, 0.2) is 6.10 Å². The fourth-order valence-electron chi connectivity index (χ4n) is 2.28. The molecule has 0 spiro atoms. The van der Waals surface area contributed by atoms with Crippen molar-refractivity contribution in [2.24, 2.45) is 5.73 Å². The summed E-state index contributed by atoms with van der Waals surface area (Å²) in [5.74, 6) is 0.345. The van der Waals surface area contributed by atoms with E-state index in [-0.39, 0.29) is 24.4 Å². The number of benzene rings is 1. The van der Waals surface area contributed by atoms with Crippen molar-refractivity contribution in [2.45, 2.75) is 31.9 Å². The highest BCUT2D eigenvalue weighted by Crippen LogP contribution is 2.32. The molecule has 2 rings (SSSR count). The molecule has 0 aromatic heterocycles. The molecule has 2 N–H and O–H groups in total. The summed E-state index contributed by atoms with van der Waals surface area (Å²) in [6, 6.07) is 5.15. The topological polar surface area (TPSA) is 55.6 Å². The summed E-state index contributed by atoms with van der Waals surface area (Å²) in [7, 11) is 0. The van der Waals surface area contributed by atoms with Crippen LogP contribution in [0.3, 0.4) is 0 Å². The van der Waals surface area contributed by atoms with Crippen LogP contribution in [0, 0.1) is 0 Å². The van der Waals surface area contributed by atoms with E-state index < -0.39 is 6.10 Å². The molecule has 21 heavy (non-hydrogen) atoms. The molecule has 1 amide bonds. The first-order valence-corrected chi connectivity index (χ1v) is 7.39. The highest BCUT2D eigenvalue weighted by atomic mass is 35.5. The second-order valence-corrected chi connectivity index (χ2v) is 5.78. The lowest BCUT2D eigenvalue weighted by atomic mass is 10.1. The van der Waals surface area contributed by atoms with Gasteiger partial charge in [-0.1, -0.05) is 29.3 Å². The second-order valence-electron chi connectivity index (χ2n) is 5.00. The molecule has 1 heterocycles. The predicted molar refractivity (Wildman–Crippen MR) is 87.6 cm³/mol. The Morgan fingerprint density at radius 2 is 2.19 bits per heavy atom. The summed E-state index contributed by atoms with van der Waals surface area (Å²) in [6.45, 7) is 3.01. The molecule has 2 unspecified atom stereocenters. The van der Waals surface area contributed by atoms with Crippen LogP contribution in [0.15, 0.2) is 18.2 Å². The third kappa shape index (κ3) is 4.65. The van der Waals surface area contributed by atoms with Crippen LogP contribution < -0.4 is 10.5 Å². The van der Waals surface area contributed by atoms with Crippen LogP contribution in [0.2, 0.25) is 10.0 Å². The predicted octanol–water partition coefficient (Wildman–Crippen LogP) is 3.13. The van der Waals surface area contributed by atoms with Crippen molar-refractivity contribution in [3.05, 3.63) is 28.2 Å². The maximum Gasteiger partial charge on any atom is 0.263 e. The van der Waals surface area contributed by atoms with Crippen molar-refractivity contribution in [1.29, 1.82) is 0 Å². The van der Waals surface area contributed by atoms with Gasteiger partial charge in [-0.25, -0.2) is 0 Å². The zero-order valence-corrected chi connectivity index (χ0v) is 14.0. The van der Waals surface area contributed by atoms with Gasteiger partial charge in [0.25, 0.3) is 5.91 Å². The Morgan fingerprint density at radius 3 is 2.86 bits per heavy atom. The SMILES string of the molecule is CC(Oc1cccc(Cl)c1Cl)C(=O)N1CCCC(N)C1.Cl. The summed E-state index contributed by atoms with van der Waals surface area (Å²) in [6.07, 6.45) is 1.27. The molecule has 0 aliphatic carbocycles. The Kier molecular flexibility index (Phi) is 7.07. The lowest BCUT2D eigenvalue weighted by molar-refractivity contribution is -0.139. The molecule has 1 aliphatic heterocycles. The summed E-state index contributed by atoms with van der Waals surface area (Å²) in [4.78, 5) is 14.1. The first-order chi connectivity index (χ1) is 9.49. The van der Waals surface area contributed by atoms with Crippen LogP contribution >= 0.6 is 35.6 Å². The van der Waals surface area contributed by atoms with E-state index in [1.807, 2.05) is 0 Å². The number of hydrogen-bond acceptors (Lipinski definition) is 3. The van der Waals surface area contributed by atoms with E-state index in [2.05, 4.69) is 0 Å². The van der Waals surface area contributed by atoms with E-state index >= 15 is 0 Å². The zero-order chi connectivity index (χ0) is 14.7. The molecule has 0 bridgehead atoms. The smallest absolute Gasteiger partial charge is 0.263 e. The van der Waals surface area contributed by atoms with Crippen molar-refractivity contribution in [3.8, 4) is 5.75 Å². The summed E-state index contributed by atoms with van der Waals surface area (Å²) >= 11 is 12.0. The van der Waals surface area contributed by atoms with E-state index in [0.29, 0.717) is 22.3 Å². The van der Waals surface area contributed by atoms with Crippen LogP contribution in [0.1, 0.15) is 19.8 Å². The Labute approximate surface area is 140 Å². The molecule has 4 nitrogen and oxygen atoms in total. The van der Waals surface area contributed by atoms with Gasteiger partial charge in [-0.15, -0.1) is 12.4 Å². The van der Waals surface area contributed by atoms with E-state index in [9.17, 15) is 4.79 Å². The number of hydrogen-bond donors (Lipinski definition) is 1. The van der Waals surface area contributed by atoms with Gasteiger partial charge < -0.3 is 15.4 Å². The summed E-state index contributed by atoms with van der Waals surface area (Å²) in [5, 5.41) is 0.730. The largest absolute Gasteiger partial charge is 0.479 e. The average molecular weight is 354 g/mol. The standard InChI is InChI=1S/C14H18Cl2N2O2.ClH/c1-9(14(19)18-7-3-4-10(17)8-18)20-12-6-2-5-11(15)13(12)16;/h2,5-6,9-10H,3-4,7-8,17H2,1H3;1H. The number of ether oxygens (including phenoxy) is 1. The molecule has 118 valence electrons. The highest BCUT2D eigenvalue weighted by molar-refractivity contribution is 6.42. The Hall–Kier alpha value is -0.680. The van der Waals surface area contributed by atoms with Crippen molar-refractivity contribution in [2.75, 3.05) is 13.1 Å². The first kappa shape index (κ1) is 18.4. The third-order valence-corrected chi connectivity index (χ3v) is 4.14. The number of carbonyl (C=O) groups is 1. The average Bonchev–Trinajstić information content (AvgIpc) is 2.43. The highest BCUT2D eigenvalue weighted by Gasteiger charge is 2.26. The van der Waals surface area contributed by atoms with E-state index in [1.54, 1.807) is 30.0 Å². The number of nitrogens with two attached hydrogens (primary N) is 1. The zero-order valence-electron chi connectivity index (χ0n) is 11.7. The van der Waals surface area contributed by atoms with Crippen LogP contribution in [0.4, 0.5) is 0 Å². The maximum absolute atomic E-state index is 12.3. The lowest BCUT2D eigenvalue weighted by Gasteiger charge is -2.32. The lowest BCUT2D eigenvalue weighted by Crippen LogP contribution is -2.49. The van der Waals surface area contributed by atoms with Crippen molar-refractivity contribution >= 4 is 41.5 Å². The van der Waals surface area contributed by atoms with Crippen molar-refractivity contribution < 1.29 is 9.53 Å². The molecule has 2 atom stereocenters. The van der Waals surface area contributed by atoms with Crippen LogP contribution in [-0.4, -0.2) is 36.0 Å². The first-order valence-electron chi connectivity index (χ1n) is 6.64. The molecule has 1 aliphatic rings. The van der Waals surface area contributed by atoms with Gasteiger partial charge in [0.2, 0.25) is 0 Å². The Balaban J connectivity index is 0.00000220. The van der Waals surface area contributed by atoms with E-state index in [0.717, 1.165) is 19.4 Å². The molecule has 0 saturated carbocycles. The van der Waals surface area contributed by atoms with Gasteiger partial charge in [0, 0.05) is 19.1 Å². The molecule has 1 aromatic carbocycles. The summed E-state index contributed by atoms with van der Waals surface area (Å²) < 4.78 is 5.63. The second kappa shape index (κ2) is 8.08. The fourth-order valence-corrected chi connectivity index (χ4v) is 2.62. The van der Waals surface area contributed by atoms with E-state index in [1.165, 1.54) is 0 Å². The maximum atomic E-state index is 12.3. The number of carbonyl (C=O) groups excluding carboxylic acids is 1. The summed E-state index contributed by atoms with van der Waals surface area (Å²) in [5.41, 5.74) is 5.89. The Morgan fingerprint density at radius 1 is 1.48 bits per heavy atom. The number of amides is 1. The Bertz CT molecular complexity index is 499. The minimum Gasteiger partial charge on any atom is -0.479 e. The fraction of sp³-hybridized carbons (Fsp3) is 0.500. The normalized spacial score (nSPS) is 19.6. The molecule has 1 fully saturated rings. The quantitative estimate of drug-likeness (QED) is 0.908. The molecular formula is C14H19Cl3N2O2. The molecule has 1 aromatic rings. The van der Waals surface area contributed by atoms with Gasteiger partial charge in [0.05, 0.1) is 5.02 Å². The third-order valence-electron chi connectivity index (χ3n) is 3.34. The minimum atomic E-state index is -0.615. The molecule has 0 radical (unpaired) electrons. The van der Waals surface area contributed by atoms with Gasteiger partial charge in [-0.05, 0) is 31.9 Å². The molecule has 1 saturated heterocycles. The monoisotopic (exact) mass is 352 g/mol. The number of likely N-dealkylation sites (tertiary alicyclic amines) is 1. The van der Waals surface area contributed by atoms with Crippen molar-refractivity contribution in [1.82, 2.24) is 4.90 Å². The molecule has 7 heteroatoms. The van der Waals surface area contributed by atoms with Gasteiger partial charge in [-0.2, -0.15) is 0 Å².